The molecule has 0 N–H and O–H groups in total. The number of hydrogen-bond acceptors (Lipinski definition) is 0. The molecule has 0 atom stereocenters. The summed E-state index contributed by atoms with van der Waals surface area (Å²) in [5.74, 6) is 13.6. The Labute approximate surface area is 201 Å². The zero-order valence-corrected chi connectivity index (χ0v) is 18.7. The second kappa shape index (κ2) is 10.2. The van der Waals surface area contributed by atoms with Crippen LogP contribution in [0.5, 0.6) is 0 Å². The van der Waals surface area contributed by atoms with Gasteiger partial charge in [-0.2, -0.15) is 0 Å². The maximum absolute atomic E-state index is 3.44. The van der Waals surface area contributed by atoms with E-state index >= 15 is 0 Å². The predicted molar refractivity (Wildman–Crippen MR) is 142 cm³/mol. The minimum atomic E-state index is 0.985. The van der Waals surface area contributed by atoms with E-state index in [2.05, 4.69) is 84.3 Å². The van der Waals surface area contributed by atoms with Gasteiger partial charge in [0.15, 0.2) is 0 Å². The molecule has 0 unspecified atom stereocenters. The van der Waals surface area contributed by atoms with Crippen molar-refractivity contribution in [3.05, 3.63) is 156 Å². The Balaban J connectivity index is 1.73. The highest BCUT2D eigenvalue weighted by molar-refractivity contribution is 5.82. The highest BCUT2D eigenvalue weighted by atomic mass is 14.1. The van der Waals surface area contributed by atoms with Gasteiger partial charge < -0.3 is 0 Å². The predicted octanol–water partition coefficient (Wildman–Crippen LogP) is 7.82. The van der Waals surface area contributed by atoms with E-state index in [-0.39, 0.29) is 0 Å². The lowest BCUT2D eigenvalue weighted by atomic mass is 9.90. The third kappa shape index (κ3) is 4.99. The SMILES string of the molecule is C(#Cc1cc(-c2ccccc2)c(C#Cc2ccccc2)cc1-c1ccccc1)c1ccccc1. The fraction of sp³-hybridized carbons (Fsp3) is 0. The smallest absolute Gasteiger partial charge is 0.0334 e. The van der Waals surface area contributed by atoms with E-state index in [4.69, 9.17) is 0 Å². The van der Waals surface area contributed by atoms with Gasteiger partial charge in [0.05, 0.1) is 0 Å². The summed E-state index contributed by atoms with van der Waals surface area (Å²) in [5.41, 5.74) is 8.39. The summed E-state index contributed by atoms with van der Waals surface area (Å²) in [6.45, 7) is 0. The van der Waals surface area contributed by atoms with Crippen molar-refractivity contribution in [2.75, 3.05) is 0 Å². The lowest BCUT2D eigenvalue weighted by molar-refractivity contribution is 1.53. The molecule has 0 heteroatoms. The minimum absolute atomic E-state index is 0.985. The molecule has 5 aromatic carbocycles. The quantitative estimate of drug-likeness (QED) is 0.250. The van der Waals surface area contributed by atoms with Crippen molar-refractivity contribution in [2.45, 2.75) is 0 Å². The topological polar surface area (TPSA) is 0 Å². The molecule has 158 valence electrons. The van der Waals surface area contributed by atoms with Crippen LogP contribution < -0.4 is 0 Å². The molecule has 0 radical (unpaired) electrons. The molecule has 0 saturated heterocycles. The van der Waals surface area contributed by atoms with Gasteiger partial charge in [0.25, 0.3) is 0 Å². The van der Waals surface area contributed by atoms with Gasteiger partial charge >= 0.3 is 0 Å². The highest BCUT2D eigenvalue weighted by Gasteiger charge is 2.11. The van der Waals surface area contributed by atoms with Crippen LogP contribution in [0, 0.1) is 23.7 Å². The van der Waals surface area contributed by atoms with E-state index in [1.165, 1.54) is 0 Å². The Morgan fingerprint density at radius 2 is 0.647 bits per heavy atom. The van der Waals surface area contributed by atoms with Crippen LogP contribution >= 0.6 is 0 Å². The van der Waals surface area contributed by atoms with Crippen LogP contribution in [0.15, 0.2) is 133 Å². The third-order valence-electron chi connectivity index (χ3n) is 5.56. The van der Waals surface area contributed by atoms with Crippen molar-refractivity contribution >= 4 is 0 Å². The Kier molecular flexibility index (Phi) is 6.34. The Bertz CT molecular complexity index is 1390. The fourth-order valence-electron chi connectivity index (χ4n) is 3.84. The average Bonchev–Trinajstić information content (AvgIpc) is 2.93. The van der Waals surface area contributed by atoms with Gasteiger partial charge in [0.1, 0.15) is 0 Å². The number of benzene rings is 5. The van der Waals surface area contributed by atoms with Gasteiger partial charge in [0, 0.05) is 22.3 Å². The van der Waals surface area contributed by atoms with Crippen LogP contribution in [0.4, 0.5) is 0 Å². The molecule has 0 aliphatic carbocycles. The standard InChI is InChI=1S/C34H22/c1-5-13-27(14-6-1)21-23-31-25-34(30-19-11-4-12-20-30)32(24-22-28-15-7-2-8-16-28)26-33(31)29-17-9-3-10-18-29/h1-20,25-26H. The second-order valence-corrected chi connectivity index (χ2v) is 7.91. The van der Waals surface area contributed by atoms with Gasteiger partial charge in [-0.15, -0.1) is 0 Å². The monoisotopic (exact) mass is 430 g/mol. The third-order valence-corrected chi connectivity index (χ3v) is 5.56. The minimum Gasteiger partial charge on any atom is -0.0622 e. The van der Waals surface area contributed by atoms with Gasteiger partial charge in [-0.1, -0.05) is 121 Å². The van der Waals surface area contributed by atoms with Crippen molar-refractivity contribution < 1.29 is 0 Å². The number of rotatable bonds is 2. The van der Waals surface area contributed by atoms with Gasteiger partial charge in [-0.3, -0.25) is 0 Å². The summed E-state index contributed by atoms with van der Waals surface area (Å²) >= 11 is 0. The van der Waals surface area contributed by atoms with Gasteiger partial charge in [-0.05, 0) is 58.7 Å². The molecule has 0 nitrogen and oxygen atoms in total. The second-order valence-electron chi connectivity index (χ2n) is 7.91. The van der Waals surface area contributed by atoms with E-state index in [1.54, 1.807) is 0 Å². The molecule has 5 aromatic rings. The van der Waals surface area contributed by atoms with E-state index in [1.807, 2.05) is 72.8 Å². The average molecular weight is 431 g/mol. The van der Waals surface area contributed by atoms with Crippen molar-refractivity contribution in [3.63, 3.8) is 0 Å². The van der Waals surface area contributed by atoms with E-state index in [0.29, 0.717) is 0 Å². The first kappa shape index (κ1) is 21.1. The Morgan fingerprint density at radius 1 is 0.324 bits per heavy atom. The zero-order chi connectivity index (χ0) is 23.0. The molecule has 0 heterocycles. The van der Waals surface area contributed by atoms with E-state index in [9.17, 15) is 0 Å². The van der Waals surface area contributed by atoms with Crippen LogP contribution in [0.25, 0.3) is 22.3 Å². The van der Waals surface area contributed by atoms with Gasteiger partial charge in [-0.25, -0.2) is 0 Å². The molecular formula is C34H22. The van der Waals surface area contributed by atoms with Crippen LogP contribution in [-0.4, -0.2) is 0 Å². The summed E-state index contributed by atoms with van der Waals surface area (Å²) in [5, 5.41) is 0. The highest BCUT2D eigenvalue weighted by Crippen LogP contribution is 2.32. The molecule has 0 amide bonds. The molecule has 0 saturated carbocycles. The summed E-state index contributed by atoms with van der Waals surface area (Å²) in [6, 6.07) is 45.4. The first-order valence-electron chi connectivity index (χ1n) is 11.3. The van der Waals surface area contributed by atoms with Crippen LogP contribution in [0.3, 0.4) is 0 Å². The zero-order valence-electron chi connectivity index (χ0n) is 18.7. The Hall–Kier alpha value is -4.78. The van der Waals surface area contributed by atoms with Crippen molar-refractivity contribution in [1.82, 2.24) is 0 Å². The molecule has 5 rings (SSSR count). The van der Waals surface area contributed by atoms with Crippen molar-refractivity contribution in [3.8, 4) is 45.9 Å². The molecule has 0 aliphatic rings. The molecular weight excluding hydrogens is 408 g/mol. The molecule has 0 bridgehead atoms. The fourth-order valence-corrected chi connectivity index (χ4v) is 3.84. The van der Waals surface area contributed by atoms with E-state index < -0.39 is 0 Å². The lowest BCUT2D eigenvalue weighted by Gasteiger charge is -2.12. The maximum atomic E-state index is 3.44. The number of hydrogen-bond donors (Lipinski definition) is 0. The van der Waals surface area contributed by atoms with Crippen molar-refractivity contribution in [1.29, 1.82) is 0 Å². The Morgan fingerprint density at radius 3 is 1.00 bits per heavy atom. The first-order valence-corrected chi connectivity index (χ1v) is 11.3. The van der Waals surface area contributed by atoms with E-state index in [0.717, 1.165) is 44.5 Å². The summed E-state index contributed by atoms with van der Waals surface area (Å²) in [6.07, 6.45) is 0. The maximum Gasteiger partial charge on any atom is 0.0334 e. The summed E-state index contributed by atoms with van der Waals surface area (Å²) in [7, 11) is 0. The lowest BCUT2D eigenvalue weighted by Crippen LogP contribution is -1.92. The largest absolute Gasteiger partial charge is 0.0622 e. The van der Waals surface area contributed by atoms with Crippen LogP contribution in [-0.2, 0) is 0 Å². The molecule has 0 aromatic heterocycles. The molecule has 34 heavy (non-hydrogen) atoms. The van der Waals surface area contributed by atoms with Gasteiger partial charge in [0.2, 0.25) is 0 Å². The van der Waals surface area contributed by atoms with Crippen molar-refractivity contribution in [2.24, 2.45) is 0 Å². The van der Waals surface area contributed by atoms with Crippen LogP contribution in [0.2, 0.25) is 0 Å². The van der Waals surface area contributed by atoms with Crippen LogP contribution in [0.1, 0.15) is 22.3 Å². The first-order chi connectivity index (χ1) is 16.9. The molecule has 0 aliphatic heterocycles. The molecule has 0 spiro atoms. The summed E-state index contributed by atoms with van der Waals surface area (Å²) in [4.78, 5) is 0. The normalized spacial score (nSPS) is 9.88. The molecule has 0 fully saturated rings. The summed E-state index contributed by atoms with van der Waals surface area (Å²) < 4.78 is 0.